The van der Waals surface area contributed by atoms with Gasteiger partial charge in [0.2, 0.25) is 0 Å². The molecule has 0 radical (unpaired) electrons. The lowest BCUT2D eigenvalue weighted by Gasteiger charge is -2.19. The number of nitrogens with zero attached hydrogens (tertiary/aromatic N) is 2. The second-order valence-electron chi connectivity index (χ2n) is 6.80. The number of aromatic nitrogens is 2. The van der Waals surface area contributed by atoms with Gasteiger partial charge in [0.05, 0.1) is 22.9 Å². The van der Waals surface area contributed by atoms with Gasteiger partial charge < -0.3 is 10.4 Å². The first kappa shape index (κ1) is 20.5. The summed E-state index contributed by atoms with van der Waals surface area (Å²) in [6, 6.07) is 6.39. The summed E-state index contributed by atoms with van der Waals surface area (Å²) in [5.74, 6) is -2.01. The van der Waals surface area contributed by atoms with Crippen LogP contribution in [0.5, 0.6) is 0 Å². The van der Waals surface area contributed by atoms with Crippen molar-refractivity contribution in [3.8, 4) is 5.69 Å². The summed E-state index contributed by atoms with van der Waals surface area (Å²) < 4.78 is 41.6. The molecule has 0 fully saturated rings. The minimum absolute atomic E-state index is 0.0708. The van der Waals surface area contributed by atoms with Crippen molar-refractivity contribution in [3.05, 3.63) is 47.3 Å². The van der Waals surface area contributed by atoms with Crippen molar-refractivity contribution in [1.82, 2.24) is 15.1 Å². The molecule has 6 nitrogen and oxygen atoms in total. The van der Waals surface area contributed by atoms with Crippen molar-refractivity contribution in [2.75, 3.05) is 6.54 Å². The first-order valence-corrected chi connectivity index (χ1v) is 8.18. The average Bonchev–Trinajstić information content (AvgIpc) is 3.00. The van der Waals surface area contributed by atoms with Gasteiger partial charge in [0.25, 0.3) is 5.91 Å². The summed E-state index contributed by atoms with van der Waals surface area (Å²) in [5.41, 5.74) is -2.10. The fraction of sp³-hybridized carbons (Fsp3) is 0.389. The minimum Gasteiger partial charge on any atom is -0.481 e. The second kappa shape index (κ2) is 7.42. The largest absolute Gasteiger partial charge is 0.481 e. The summed E-state index contributed by atoms with van der Waals surface area (Å²) >= 11 is 0. The Hall–Kier alpha value is -2.84. The lowest BCUT2D eigenvalue weighted by Crippen LogP contribution is -2.32. The van der Waals surface area contributed by atoms with E-state index in [4.69, 9.17) is 5.11 Å². The number of amides is 1. The molecule has 1 heterocycles. The molecule has 0 saturated heterocycles. The van der Waals surface area contributed by atoms with E-state index in [-0.39, 0.29) is 18.7 Å². The van der Waals surface area contributed by atoms with Crippen molar-refractivity contribution in [2.45, 2.75) is 33.4 Å². The molecule has 0 aliphatic rings. The third-order valence-corrected chi connectivity index (χ3v) is 4.24. The highest BCUT2D eigenvalue weighted by atomic mass is 19.4. The van der Waals surface area contributed by atoms with E-state index in [0.717, 1.165) is 6.20 Å². The number of aryl methyl sites for hydroxylation is 1. The van der Waals surface area contributed by atoms with Crippen LogP contribution in [0.3, 0.4) is 0 Å². The Balaban J connectivity index is 2.31. The SMILES string of the molecule is Cc1ccccc1-n1ncc(C(=O)NCCC(C)(C)C(=O)O)c1C(F)(F)F. The summed E-state index contributed by atoms with van der Waals surface area (Å²) in [6.45, 7) is 4.51. The number of halogens is 3. The number of carbonyl (C=O) groups excluding carboxylic acids is 1. The van der Waals surface area contributed by atoms with Gasteiger partial charge in [-0.25, -0.2) is 4.68 Å². The molecular formula is C18H20F3N3O3. The monoisotopic (exact) mass is 383 g/mol. The maximum absolute atomic E-state index is 13.6. The lowest BCUT2D eigenvalue weighted by atomic mass is 9.90. The summed E-state index contributed by atoms with van der Waals surface area (Å²) in [4.78, 5) is 23.4. The topological polar surface area (TPSA) is 84.2 Å². The number of benzene rings is 1. The lowest BCUT2D eigenvalue weighted by molar-refractivity contribution is -0.147. The Labute approximate surface area is 154 Å². The molecule has 0 spiro atoms. The van der Waals surface area contributed by atoms with Crippen LogP contribution in [-0.4, -0.2) is 33.3 Å². The van der Waals surface area contributed by atoms with Crippen LogP contribution in [0.15, 0.2) is 30.5 Å². The van der Waals surface area contributed by atoms with Gasteiger partial charge in [0.15, 0.2) is 5.69 Å². The number of nitrogens with one attached hydrogen (secondary N) is 1. The van der Waals surface area contributed by atoms with Crippen LogP contribution < -0.4 is 5.32 Å². The normalized spacial score (nSPS) is 12.1. The molecule has 146 valence electrons. The highest BCUT2D eigenvalue weighted by Gasteiger charge is 2.40. The number of carboxylic acid groups (broad SMARTS) is 1. The molecule has 2 rings (SSSR count). The number of aliphatic carboxylic acids is 1. The van der Waals surface area contributed by atoms with E-state index in [0.29, 0.717) is 10.2 Å². The molecule has 9 heteroatoms. The van der Waals surface area contributed by atoms with E-state index in [1.54, 1.807) is 25.1 Å². The molecule has 1 amide bonds. The van der Waals surface area contributed by atoms with Crippen LogP contribution in [0, 0.1) is 12.3 Å². The van der Waals surface area contributed by atoms with Crippen molar-refractivity contribution >= 4 is 11.9 Å². The predicted octanol–water partition coefficient (Wildman–Crippen LogP) is 3.43. The minimum atomic E-state index is -4.80. The van der Waals surface area contributed by atoms with E-state index in [1.807, 2.05) is 0 Å². The van der Waals surface area contributed by atoms with Crippen molar-refractivity contribution in [1.29, 1.82) is 0 Å². The van der Waals surface area contributed by atoms with E-state index in [1.165, 1.54) is 19.9 Å². The van der Waals surface area contributed by atoms with Crippen LogP contribution in [0.4, 0.5) is 13.2 Å². The number of para-hydroxylation sites is 1. The molecular weight excluding hydrogens is 363 g/mol. The predicted molar refractivity (Wildman–Crippen MR) is 91.7 cm³/mol. The molecule has 0 aliphatic carbocycles. The standard InChI is InChI=1S/C18H20F3N3O3/c1-11-6-4-5-7-13(11)24-14(18(19,20)21)12(10-23-24)15(25)22-9-8-17(2,3)16(26)27/h4-7,10H,8-9H2,1-3H3,(H,22,25)(H,26,27). The second-order valence-corrected chi connectivity index (χ2v) is 6.80. The Morgan fingerprint density at radius 1 is 1.22 bits per heavy atom. The highest BCUT2D eigenvalue weighted by molar-refractivity contribution is 5.95. The Morgan fingerprint density at radius 2 is 1.85 bits per heavy atom. The summed E-state index contributed by atoms with van der Waals surface area (Å²) in [5, 5.41) is 15.2. The van der Waals surface area contributed by atoms with E-state index < -0.39 is 34.7 Å². The van der Waals surface area contributed by atoms with Gasteiger partial charge in [-0.15, -0.1) is 0 Å². The molecule has 27 heavy (non-hydrogen) atoms. The van der Waals surface area contributed by atoms with E-state index in [2.05, 4.69) is 10.4 Å². The van der Waals surface area contributed by atoms with Gasteiger partial charge in [0, 0.05) is 6.54 Å². The number of hydrogen-bond acceptors (Lipinski definition) is 3. The number of hydrogen-bond donors (Lipinski definition) is 2. The smallest absolute Gasteiger partial charge is 0.434 e. The number of carboxylic acids is 1. The number of carbonyl (C=O) groups is 2. The Morgan fingerprint density at radius 3 is 2.41 bits per heavy atom. The average molecular weight is 383 g/mol. The molecule has 2 aromatic rings. The molecule has 2 N–H and O–H groups in total. The summed E-state index contributed by atoms with van der Waals surface area (Å²) in [6.07, 6.45) is -3.86. The maximum Gasteiger partial charge on any atom is 0.434 e. The van der Waals surface area contributed by atoms with Crippen molar-refractivity contribution < 1.29 is 27.9 Å². The number of alkyl halides is 3. The first-order valence-electron chi connectivity index (χ1n) is 8.18. The van der Waals surface area contributed by atoms with Crippen LogP contribution in [0.1, 0.15) is 41.9 Å². The molecule has 0 bridgehead atoms. The van der Waals surface area contributed by atoms with E-state index >= 15 is 0 Å². The zero-order chi connectivity index (χ0) is 20.4. The first-order chi connectivity index (χ1) is 12.4. The van der Waals surface area contributed by atoms with Gasteiger partial charge in [0.1, 0.15) is 0 Å². The fourth-order valence-electron chi connectivity index (χ4n) is 2.46. The third-order valence-electron chi connectivity index (χ3n) is 4.24. The van der Waals surface area contributed by atoms with Gasteiger partial charge in [-0.1, -0.05) is 18.2 Å². The quantitative estimate of drug-likeness (QED) is 0.801. The van der Waals surface area contributed by atoms with Gasteiger partial charge in [-0.3, -0.25) is 9.59 Å². The third kappa shape index (κ3) is 4.47. The van der Waals surface area contributed by atoms with Crippen LogP contribution in [0.25, 0.3) is 5.69 Å². The zero-order valence-electron chi connectivity index (χ0n) is 15.1. The molecule has 0 saturated carbocycles. The maximum atomic E-state index is 13.6. The van der Waals surface area contributed by atoms with E-state index in [9.17, 15) is 22.8 Å². The van der Waals surface area contributed by atoms with Crippen LogP contribution >= 0.6 is 0 Å². The molecule has 0 aliphatic heterocycles. The van der Waals surface area contributed by atoms with Gasteiger partial charge in [-0.05, 0) is 38.8 Å². The molecule has 1 aromatic carbocycles. The van der Waals surface area contributed by atoms with Crippen molar-refractivity contribution in [3.63, 3.8) is 0 Å². The van der Waals surface area contributed by atoms with Crippen LogP contribution in [0.2, 0.25) is 0 Å². The van der Waals surface area contributed by atoms with Gasteiger partial charge in [-0.2, -0.15) is 18.3 Å². The molecule has 0 atom stereocenters. The number of rotatable bonds is 6. The molecule has 1 aromatic heterocycles. The van der Waals surface area contributed by atoms with Crippen LogP contribution in [-0.2, 0) is 11.0 Å². The highest BCUT2D eigenvalue weighted by Crippen LogP contribution is 2.34. The summed E-state index contributed by atoms with van der Waals surface area (Å²) in [7, 11) is 0. The zero-order valence-corrected chi connectivity index (χ0v) is 15.1. The molecule has 0 unspecified atom stereocenters. The Kier molecular flexibility index (Phi) is 5.62. The Bertz CT molecular complexity index is 857. The van der Waals surface area contributed by atoms with Crippen molar-refractivity contribution in [2.24, 2.45) is 5.41 Å². The fourth-order valence-corrected chi connectivity index (χ4v) is 2.46. The van der Waals surface area contributed by atoms with Gasteiger partial charge >= 0.3 is 12.1 Å².